The van der Waals surface area contributed by atoms with Crippen molar-refractivity contribution in [3.63, 3.8) is 0 Å². The number of carbonyl (C=O) groups excluding carboxylic acids is 3. The van der Waals surface area contributed by atoms with Gasteiger partial charge in [-0.25, -0.2) is 5.48 Å². The second-order valence-corrected chi connectivity index (χ2v) is 7.43. The highest BCUT2D eigenvalue weighted by atomic mass is 35.5. The molecular weight excluding hydrogens is 451 g/mol. The lowest BCUT2D eigenvalue weighted by atomic mass is 10.1. The Morgan fingerprint density at radius 3 is 2.52 bits per heavy atom. The maximum Gasteiger partial charge on any atom is 0.332 e. The van der Waals surface area contributed by atoms with Gasteiger partial charge in [0.05, 0.1) is 16.6 Å². The summed E-state index contributed by atoms with van der Waals surface area (Å²) in [5, 5.41) is 23.7. The fourth-order valence-electron chi connectivity index (χ4n) is 2.91. The van der Waals surface area contributed by atoms with E-state index in [1.807, 2.05) is 4.90 Å². The van der Waals surface area contributed by atoms with Gasteiger partial charge in [0.15, 0.2) is 5.75 Å². The average molecular weight is 469 g/mol. The van der Waals surface area contributed by atoms with Gasteiger partial charge in [0.1, 0.15) is 11.5 Å². The van der Waals surface area contributed by atoms with E-state index in [-0.39, 0.29) is 39.7 Å². The first kappa shape index (κ1) is 22.6. The number of nitrogens with one attached hydrogen (secondary N) is 3. The summed E-state index contributed by atoms with van der Waals surface area (Å²) in [5.41, 5.74) is 1.88. The predicted molar refractivity (Wildman–Crippen MR) is 111 cm³/mol. The number of hydroxylamine groups is 1. The summed E-state index contributed by atoms with van der Waals surface area (Å²) in [6.45, 7) is 1.75. The van der Waals surface area contributed by atoms with Crippen molar-refractivity contribution in [2.24, 2.45) is 0 Å². The zero-order valence-corrected chi connectivity index (χ0v) is 17.5. The summed E-state index contributed by atoms with van der Waals surface area (Å²) in [4.78, 5) is 36.1. The van der Waals surface area contributed by atoms with Crippen molar-refractivity contribution in [3.8, 4) is 17.2 Å². The van der Waals surface area contributed by atoms with Gasteiger partial charge in [-0.1, -0.05) is 23.2 Å². The second kappa shape index (κ2) is 9.84. The SMILES string of the molecule is O=C1CN(Cc2cc(Oc3c(Cl)cc(NC(=O)C(=O)NO)cc3Cl)ccc2O)CCN1. The van der Waals surface area contributed by atoms with Gasteiger partial charge in [-0.3, -0.25) is 24.5 Å². The van der Waals surface area contributed by atoms with E-state index in [4.69, 9.17) is 33.1 Å². The molecule has 1 fully saturated rings. The number of hydrogen-bond acceptors (Lipinski definition) is 7. The van der Waals surface area contributed by atoms with Gasteiger partial charge in [0, 0.05) is 30.9 Å². The first-order chi connectivity index (χ1) is 14.8. The monoisotopic (exact) mass is 468 g/mol. The van der Waals surface area contributed by atoms with Gasteiger partial charge in [-0.05, 0) is 30.3 Å². The van der Waals surface area contributed by atoms with Crippen LogP contribution in [-0.4, -0.2) is 52.6 Å². The minimum Gasteiger partial charge on any atom is -0.508 e. The van der Waals surface area contributed by atoms with E-state index < -0.39 is 11.8 Å². The number of anilines is 1. The van der Waals surface area contributed by atoms with Crippen molar-refractivity contribution in [1.29, 1.82) is 0 Å². The molecule has 0 saturated carbocycles. The summed E-state index contributed by atoms with van der Waals surface area (Å²) in [6, 6.07) is 7.22. The number of phenols is 1. The molecule has 1 saturated heterocycles. The Kier molecular flexibility index (Phi) is 7.18. The number of phenolic OH excluding ortho intramolecular Hbond substituents is 1. The number of rotatable bonds is 5. The first-order valence-corrected chi connectivity index (χ1v) is 9.75. The molecule has 3 rings (SSSR count). The van der Waals surface area contributed by atoms with Gasteiger partial charge >= 0.3 is 11.8 Å². The van der Waals surface area contributed by atoms with Crippen molar-refractivity contribution >= 4 is 46.6 Å². The maximum atomic E-state index is 11.6. The summed E-state index contributed by atoms with van der Waals surface area (Å²) < 4.78 is 5.77. The van der Waals surface area contributed by atoms with Crippen molar-refractivity contribution in [2.45, 2.75) is 6.54 Å². The zero-order chi connectivity index (χ0) is 22.5. The van der Waals surface area contributed by atoms with Crippen LogP contribution >= 0.6 is 23.2 Å². The largest absolute Gasteiger partial charge is 0.508 e. The van der Waals surface area contributed by atoms with Crippen LogP contribution in [-0.2, 0) is 20.9 Å². The molecule has 0 atom stereocenters. The van der Waals surface area contributed by atoms with Crippen molar-refractivity contribution < 1.29 is 29.4 Å². The van der Waals surface area contributed by atoms with E-state index in [0.29, 0.717) is 30.9 Å². The molecule has 0 aromatic heterocycles. The Labute approximate surface area is 186 Å². The van der Waals surface area contributed by atoms with E-state index in [2.05, 4.69) is 10.6 Å². The highest BCUT2D eigenvalue weighted by molar-refractivity contribution is 6.40. The molecule has 0 radical (unpaired) electrons. The molecule has 2 aromatic carbocycles. The Balaban J connectivity index is 1.76. The lowest BCUT2D eigenvalue weighted by molar-refractivity contribution is -0.141. The number of hydrogen-bond donors (Lipinski definition) is 5. The van der Waals surface area contributed by atoms with Crippen LogP contribution in [0.15, 0.2) is 30.3 Å². The molecule has 164 valence electrons. The third kappa shape index (κ3) is 5.76. The molecule has 1 heterocycles. The number of aromatic hydroxyl groups is 1. The molecule has 1 aliphatic heterocycles. The van der Waals surface area contributed by atoms with Gasteiger partial charge in [-0.15, -0.1) is 0 Å². The number of nitrogens with zero attached hydrogens (tertiary/aromatic N) is 1. The fraction of sp³-hybridized carbons (Fsp3) is 0.211. The summed E-state index contributed by atoms with van der Waals surface area (Å²) in [6.07, 6.45) is 0. The van der Waals surface area contributed by atoms with Crippen LogP contribution in [0.3, 0.4) is 0 Å². The second-order valence-electron chi connectivity index (χ2n) is 6.62. The standard InChI is InChI=1S/C19H18Cl2N4O6/c20-13-6-11(23-18(28)19(29)24-30)7-14(21)17(13)31-12-1-2-15(26)10(5-12)8-25-4-3-22-16(27)9-25/h1-2,5-7,26,30H,3-4,8-9H2,(H,22,27)(H,23,28)(H,24,29). The van der Waals surface area contributed by atoms with Crippen LogP contribution in [0.5, 0.6) is 17.2 Å². The Morgan fingerprint density at radius 1 is 1.16 bits per heavy atom. The molecule has 0 aliphatic carbocycles. The van der Waals surface area contributed by atoms with E-state index in [9.17, 15) is 19.5 Å². The van der Waals surface area contributed by atoms with E-state index >= 15 is 0 Å². The number of halogens is 2. The molecule has 0 bridgehead atoms. The van der Waals surface area contributed by atoms with Crippen LogP contribution in [0.1, 0.15) is 5.56 Å². The third-order valence-electron chi connectivity index (χ3n) is 4.35. The molecule has 0 spiro atoms. The fourth-order valence-corrected chi connectivity index (χ4v) is 3.47. The van der Waals surface area contributed by atoms with Gasteiger partial charge < -0.3 is 20.5 Å². The van der Waals surface area contributed by atoms with Crippen LogP contribution in [0.25, 0.3) is 0 Å². The molecule has 1 aliphatic rings. The minimum atomic E-state index is -1.25. The molecule has 10 nitrogen and oxygen atoms in total. The number of piperazine rings is 1. The molecular formula is C19H18Cl2N4O6. The molecule has 3 amide bonds. The van der Waals surface area contributed by atoms with Crippen LogP contribution < -0.4 is 20.9 Å². The van der Waals surface area contributed by atoms with E-state index in [1.165, 1.54) is 29.7 Å². The quantitative estimate of drug-likeness (QED) is 0.256. The predicted octanol–water partition coefficient (Wildman–Crippen LogP) is 1.87. The maximum absolute atomic E-state index is 11.6. The van der Waals surface area contributed by atoms with Crippen LogP contribution in [0.4, 0.5) is 5.69 Å². The zero-order valence-electron chi connectivity index (χ0n) is 15.9. The van der Waals surface area contributed by atoms with E-state index in [1.54, 1.807) is 6.07 Å². The molecule has 31 heavy (non-hydrogen) atoms. The lowest BCUT2D eigenvalue weighted by Gasteiger charge is -2.26. The van der Waals surface area contributed by atoms with Crippen LogP contribution in [0.2, 0.25) is 10.0 Å². The normalized spacial score (nSPS) is 14.0. The van der Waals surface area contributed by atoms with Crippen molar-refractivity contribution in [1.82, 2.24) is 15.7 Å². The highest BCUT2D eigenvalue weighted by Crippen LogP contribution is 2.39. The number of amides is 3. The number of carbonyl (C=O) groups is 3. The summed E-state index contributed by atoms with van der Waals surface area (Å²) >= 11 is 12.4. The highest BCUT2D eigenvalue weighted by Gasteiger charge is 2.19. The molecule has 5 N–H and O–H groups in total. The smallest absolute Gasteiger partial charge is 0.332 e. The Morgan fingerprint density at radius 2 is 1.87 bits per heavy atom. The van der Waals surface area contributed by atoms with Crippen molar-refractivity contribution in [3.05, 3.63) is 45.9 Å². The number of benzene rings is 2. The molecule has 12 heteroatoms. The van der Waals surface area contributed by atoms with Crippen LogP contribution in [0, 0.1) is 0 Å². The average Bonchev–Trinajstić information content (AvgIpc) is 2.72. The van der Waals surface area contributed by atoms with Gasteiger partial charge in [-0.2, -0.15) is 0 Å². The minimum absolute atomic E-state index is 0.0505. The lowest BCUT2D eigenvalue weighted by Crippen LogP contribution is -2.47. The first-order valence-electron chi connectivity index (χ1n) is 9.00. The molecule has 2 aromatic rings. The van der Waals surface area contributed by atoms with E-state index in [0.717, 1.165) is 0 Å². The third-order valence-corrected chi connectivity index (χ3v) is 4.91. The Hall–Kier alpha value is -3.05. The molecule has 0 unspecified atom stereocenters. The number of ether oxygens (including phenoxy) is 1. The Bertz CT molecular complexity index is 1010. The van der Waals surface area contributed by atoms with Gasteiger partial charge in [0.2, 0.25) is 5.91 Å². The van der Waals surface area contributed by atoms with Crippen molar-refractivity contribution in [2.75, 3.05) is 25.0 Å². The summed E-state index contributed by atoms with van der Waals surface area (Å²) in [5.74, 6) is -1.96. The summed E-state index contributed by atoms with van der Waals surface area (Å²) in [7, 11) is 0. The topological polar surface area (TPSA) is 140 Å². The van der Waals surface area contributed by atoms with Gasteiger partial charge in [0.25, 0.3) is 0 Å².